The number of nitrogens with one attached hydrogen (secondary N) is 1. The van der Waals surface area contributed by atoms with Crippen LogP contribution in [0.15, 0.2) is 24.3 Å². The number of benzene rings is 1. The first kappa shape index (κ1) is 16.2. The van der Waals surface area contributed by atoms with E-state index in [2.05, 4.69) is 57.6 Å². The van der Waals surface area contributed by atoms with Crippen LogP contribution in [0.5, 0.6) is 0 Å². The molecule has 0 aliphatic carbocycles. The predicted octanol–water partition coefficient (Wildman–Crippen LogP) is 5.26. The van der Waals surface area contributed by atoms with Crippen molar-refractivity contribution in [2.24, 2.45) is 0 Å². The van der Waals surface area contributed by atoms with E-state index in [0.29, 0.717) is 23.2 Å². The second-order valence-corrected chi connectivity index (χ2v) is 12.3. The molecule has 3 nitrogen and oxygen atoms in total. The van der Waals surface area contributed by atoms with Crippen molar-refractivity contribution in [3.05, 3.63) is 30.1 Å². The average Bonchev–Trinajstić information content (AvgIpc) is 2.80. The van der Waals surface area contributed by atoms with Gasteiger partial charge in [0.05, 0.1) is 17.6 Å². The largest absolute Gasteiger partial charge is 0.409 e. The summed E-state index contributed by atoms with van der Waals surface area (Å²) in [4.78, 5) is 8.01. The van der Waals surface area contributed by atoms with E-state index in [1.807, 2.05) is 18.2 Å². The van der Waals surface area contributed by atoms with Gasteiger partial charge in [0.1, 0.15) is 5.82 Å². The maximum absolute atomic E-state index is 6.57. The normalized spacial score (nSPS) is 13.0. The van der Waals surface area contributed by atoms with Gasteiger partial charge in [0.15, 0.2) is 0 Å². The maximum atomic E-state index is 6.57. The summed E-state index contributed by atoms with van der Waals surface area (Å²) >= 11 is 0. The van der Waals surface area contributed by atoms with Crippen molar-refractivity contribution < 1.29 is 4.43 Å². The highest BCUT2D eigenvalue weighted by atomic mass is 28.4. The number of imidazole rings is 1. The van der Waals surface area contributed by atoms with Crippen molar-refractivity contribution in [1.82, 2.24) is 9.97 Å². The molecule has 116 valence electrons. The minimum Gasteiger partial charge on any atom is -0.409 e. The van der Waals surface area contributed by atoms with Gasteiger partial charge in [0.2, 0.25) is 8.32 Å². The van der Waals surface area contributed by atoms with Crippen LogP contribution in [0.25, 0.3) is 11.0 Å². The molecule has 4 heteroatoms. The summed E-state index contributed by atoms with van der Waals surface area (Å²) in [5.41, 5.74) is 3.90. The van der Waals surface area contributed by atoms with Gasteiger partial charge in [0.25, 0.3) is 0 Å². The SMILES string of the molecule is CC(C)[Si](OCc1nc2ccccc2[nH]1)(C(C)C)C(C)C. The Morgan fingerprint density at radius 2 is 1.57 bits per heavy atom. The molecule has 1 N–H and O–H groups in total. The van der Waals surface area contributed by atoms with E-state index in [-0.39, 0.29) is 0 Å². The smallest absolute Gasteiger partial charge is 0.201 e. The first-order valence-corrected chi connectivity index (χ1v) is 10.1. The maximum Gasteiger partial charge on any atom is 0.201 e. The van der Waals surface area contributed by atoms with E-state index in [0.717, 1.165) is 16.9 Å². The molecule has 0 radical (unpaired) electrons. The van der Waals surface area contributed by atoms with E-state index in [9.17, 15) is 0 Å². The lowest BCUT2D eigenvalue weighted by Crippen LogP contribution is -2.47. The zero-order valence-electron chi connectivity index (χ0n) is 14.1. The van der Waals surface area contributed by atoms with Crippen molar-refractivity contribution in [3.63, 3.8) is 0 Å². The van der Waals surface area contributed by atoms with Crippen molar-refractivity contribution in [2.75, 3.05) is 0 Å². The fourth-order valence-electron chi connectivity index (χ4n) is 3.77. The fraction of sp³-hybridized carbons (Fsp3) is 0.588. The zero-order valence-corrected chi connectivity index (χ0v) is 15.1. The molecule has 0 saturated heterocycles. The standard InChI is InChI=1S/C17H28N2OSi/c1-12(2)21(13(3)4,14(5)6)20-11-17-18-15-9-7-8-10-16(15)19-17/h7-10,12-14H,11H2,1-6H3,(H,18,19). The third kappa shape index (κ3) is 3.06. The van der Waals surface area contributed by atoms with Crippen molar-refractivity contribution in [2.45, 2.75) is 64.8 Å². The quantitative estimate of drug-likeness (QED) is 0.740. The molecule has 0 unspecified atom stereocenters. The molecule has 21 heavy (non-hydrogen) atoms. The van der Waals surface area contributed by atoms with Gasteiger partial charge < -0.3 is 9.41 Å². The van der Waals surface area contributed by atoms with Gasteiger partial charge in [-0.25, -0.2) is 4.98 Å². The number of nitrogens with zero attached hydrogens (tertiary/aromatic N) is 1. The Bertz CT molecular complexity index is 534. The summed E-state index contributed by atoms with van der Waals surface area (Å²) in [6.07, 6.45) is 0. The van der Waals surface area contributed by atoms with Gasteiger partial charge in [-0.05, 0) is 28.8 Å². The molecule has 1 aromatic carbocycles. The topological polar surface area (TPSA) is 37.9 Å². The van der Waals surface area contributed by atoms with Gasteiger partial charge in [-0.1, -0.05) is 53.7 Å². The Balaban J connectivity index is 2.21. The minimum absolute atomic E-state index is 0.593. The van der Waals surface area contributed by atoms with Crippen LogP contribution < -0.4 is 0 Å². The Hall–Kier alpha value is -1.13. The summed E-state index contributed by atoms with van der Waals surface area (Å²) < 4.78 is 6.57. The third-order valence-electron chi connectivity index (χ3n) is 4.60. The Kier molecular flexibility index (Phi) is 4.89. The van der Waals surface area contributed by atoms with Crippen LogP contribution in [0.4, 0.5) is 0 Å². The van der Waals surface area contributed by atoms with Crippen LogP contribution in [0.1, 0.15) is 47.4 Å². The minimum atomic E-state index is -1.82. The van der Waals surface area contributed by atoms with Gasteiger partial charge in [0, 0.05) is 0 Å². The molecule has 2 rings (SSSR count). The van der Waals surface area contributed by atoms with Gasteiger partial charge in [-0.3, -0.25) is 0 Å². The number of aromatic amines is 1. The average molecular weight is 305 g/mol. The molecule has 0 saturated carbocycles. The molecule has 1 aromatic heterocycles. The highest BCUT2D eigenvalue weighted by molar-refractivity contribution is 6.77. The van der Waals surface area contributed by atoms with E-state index in [1.165, 1.54) is 0 Å². The highest BCUT2D eigenvalue weighted by Crippen LogP contribution is 2.42. The third-order valence-corrected chi connectivity index (χ3v) is 10.7. The van der Waals surface area contributed by atoms with E-state index < -0.39 is 8.32 Å². The molecule has 0 spiro atoms. The molecule has 0 bridgehead atoms. The number of aromatic nitrogens is 2. The lowest BCUT2D eigenvalue weighted by atomic mass is 10.3. The van der Waals surface area contributed by atoms with Gasteiger partial charge >= 0.3 is 0 Å². The summed E-state index contributed by atoms with van der Waals surface area (Å²) in [7, 11) is -1.82. The molecule has 0 amide bonds. The molecule has 1 heterocycles. The monoisotopic (exact) mass is 304 g/mol. The van der Waals surface area contributed by atoms with E-state index in [1.54, 1.807) is 0 Å². The first-order chi connectivity index (χ1) is 9.87. The zero-order chi connectivity index (χ0) is 15.6. The molecule has 0 aliphatic rings. The molecular formula is C17H28N2OSi. The highest BCUT2D eigenvalue weighted by Gasteiger charge is 2.45. The van der Waals surface area contributed by atoms with Crippen molar-refractivity contribution in [3.8, 4) is 0 Å². The lowest BCUT2D eigenvalue weighted by molar-refractivity contribution is 0.258. The second kappa shape index (κ2) is 6.32. The Morgan fingerprint density at radius 3 is 2.10 bits per heavy atom. The molecule has 0 atom stereocenters. The second-order valence-electron chi connectivity index (χ2n) is 6.81. The lowest BCUT2D eigenvalue weighted by Gasteiger charge is -2.41. The number of H-pyrrole nitrogens is 1. The van der Waals surface area contributed by atoms with Crippen LogP contribution in [0, 0.1) is 0 Å². The number of hydrogen-bond donors (Lipinski definition) is 1. The van der Waals surface area contributed by atoms with Crippen LogP contribution in [-0.4, -0.2) is 18.3 Å². The predicted molar refractivity (Wildman–Crippen MR) is 91.9 cm³/mol. The summed E-state index contributed by atoms with van der Waals surface area (Å²) in [5, 5.41) is 0. The Morgan fingerprint density at radius 1 is 1.00 bits per heavy atom. The number of rotatable bonds is 6. The molecule has 2 aromatic rings. The van der Waals surface area contributed by atoms with Gasteiger partial charge in [-0.15, -0.1) is 0 Å². The molecule has 0 fully saturated rings. The first-order valence-electron chi connectivity index (χ1n) is 7.95. The van der Waals surface area contributed by atoms with Crippen molar-refractivity contribution >= 4 is 19.4 Å². The van der Waals surface area contributed by atoms with E-state index >= 15 is 0 Å². The van der Waals surface area contributed by atoms with Crippen LogP contribution >= 0.6 is 0 Å². The summed E-state index contributed by atoms with van der Waals surface area (Å²) in [5.74, 6) is 0.940. The summed E-state index contributed by atoms with van der Waals surface area (Å²) in [6.45, 7) is 14.5. The van der Waals surface area contributed by atoms with Gasteiger partial charge in [-0.2, -0.15) is 0 Å². The molecule has 0 aliphatic heterocycles. The summed E-state index contributed by atoms with van der Waals surface area (Å²) in [6, 6.07) is 8.14. The van der Waals surface area contributed by atoms with Crippen LogP contribution in [0.2, 0.25) is 16.6 Å². The van der Waals surface area contributed by atoms with Crippen LogP contribution in [-0.2, 0) is 11.0 Å². The van der Waals surface area contributed by atoms with E-state index in [4.69, 9.17) is 4.43 Å². The number of fused-ring (bicyclic) bond motifs is 1. The van der Waals surface area contributed by atoms with Crippen molar-refractivity contribution in [1.29, 1.82) is 0 Å². The fourth-order valence-corrected chi connectivity index (χ4v) is 9.15. The van der Waals surface area contributed by atoms with Crippen LogP contribution in [0.3, 0.4) is 0 Å². The number of para-hydroxylation sites is 2. The Labute approximate surface area is 129 Å². The molecular weight excluding hydrogens is 276 g/mol. The number of hydrogen-bond acceptors (Lipinski definition) is 2.